The van der Waals surface area contributed by atoms with Gasteiger partial charge in [-0.05, 0) is 18.6 Å². The average Bonchev–Trinajstić information content (AvgIpc) is 2.60. The third-order valence-corrected chi connectivity index (χ3v) is 4.23. The van der Waals surface area contributed by atoms with E-state index in [-0.39, 0.29) is 17.9 Å². The molecule has 0 aliphatic rings. The summed E-state index contributed by atoms with van der Waals surface area (Å²) in [7, 11) is 1.56. The second kappa shape index (κ2) is 8.04. The van der Waals surface area contributed by atoms with Gasteiger partial charge in [-0.1, -0.05) is 48.5 Å². The highest BCUT2D eigenvalue weighted by atomic mass is 19.1. The maximum Gasteiger partial charge on any atom is 0.225 e. The number of likely N-dealkylation sites (N-methyl/N-ethyl adjacent to an activating group) is 1. The molecule has 2 aromatic rings. The lowest BCUT2D eigenvalue weighted by Gasteiger charge is -2.30. The van der Waals surface area contributed by atoms with Gasteiger partial charge in [-0.2, -0.15) is 0 Å². The van der Waals surface area contributed by atoms with Crippen molar-refractivity contribution in [1.82, 2.24) is 4.90 Å². The van der Waals surface area contributed by atoms with Crippen LogP contribution in [0.25, 0.3) is 0 Å². The molecule has 0 fully saturated rings. The van der Waals surface area contributed by atoms with Crippen LogP contribution in [0.5, 0.6) is 0 Å². The van der Waals surface area contributed by atoms with Crippen molar-refractivity contribution in [2.24, 2.45) is 0 Å². The number of hydrogen-bond acceptors (Lipinski definition) is 3. The molecule has 24 heavy (non-hydrogen) atoms. The second-order valence-electron chi connectivity index (χ2n) is 5.84. The molecule has 0 aromatic heterocycles. The Hall–Kier alpha value is -2.24. The van der Waals surface area contributed by atoms with E-state index >= 15 is 0 Å². The van der Waals surface area contributed by atoms with Crippen LogP contribution >= 0.6 is 0 Å². The van der Waals surface area contributed by atoms with Gasteiger partial charge < -0.3 is 15.1 Å². The van der Waals surface area contributed by atoms with Crippen molar-refractivity contribution in [3.8, 4) is 0 Å². The first-order valence-electron chi connectivity index (χ1n) is 7.83. The number of rotatable bonds is 6. The lowest BCUT2D eigenvalue weighted by atomic mass is 10.0. The SMILES string of the molecule is C[C@@H]([C@@H](O)c1ccccc1)N(C)C(=O)C[C@@H](O)c1ccccc1F. The molecule has 1 amide bonds. The molecular weight excluding hydrogens is 309 g/mol. The van der Waals surface area contributed by atoms with Crippen LogP contribution in [-0.2, 0) is 4.79 Å². The van der Waals surface area contributed by atoms with Crippen LogP contribution < -0.4 is 0 Å². The predicted molar refractivity (Wildman–Crippen MR) is 89.6 cm³/mol. The summed E-state index contributed by atoms with van der Waals surface area (Å²) < 4.78 is 13.7. The Balaban J connectivity index is 2.02. The molecule has 2 rings (SSSR count). The molecule has 0 aliphatic heterocycles. The average molecular weight is 331 g/mol. The lowest BCUT2D eigenvalue weighted by molar-refractivity contribution is -0.136. The van der Waals surface area contributed by atoms with Crippen LogP contribution in [0.15, 0.2) is 54.6 Å². The van der Waals surface area contributed by atoms with Crippen LogP contribution in [0, 0.1) is 5.82 Å². The van der Waals surface area contributed by atoms with Gasteiger partial charge in [0.15, 0.2) is 0 Å². The Kier molecular flexibility index (Phi) is 6.06. The Morgan fingerprint density at radius 2 is 1.67 bits per heavy atom. The minimum Gasteiger partial charge on any atom is -0.388 e. The van der Waals surface area contributed by atoms with Crippen molar-refractivity contribution in [3.63, 3.8) is 0 Å². The van der Waals surface area contributed by atoms with Crippen molar-refractivity contribution < 1.29 is 19.4 Å². The Bertz CT molecular complexity index is 677. The van der Waals surface area contributed by atoms with E-state index in [1.807, 2.05) is 18.2 Å². The largest absolute Gasteiger partial charge is 0.388 e. The smallest absolute Gasteiger partial charge is 0.225 e. The molecule has 3 atom stereocenters. The standard InChI is InChI=1S/C19H22FNO3/c1-13(19(24)14-8-4-3-5-9-14)21(2)18(23)12-17(22)15-10-6-7-11-16(15)20/h3-11,13,17,19,22,24H,12H2,1-2H3/t13-,17+,19+/m0/s1. The minimum absolute atomic E-state index is 0.0931. The van der Waals surface area contributed by atoms with Crippen LogP contribution in [-0.4, -0.2) is 34.1 Å². The predicted octanol–water partition coefficient (Wildman–Crippen LogP) is 2.83. The summed E-state index contributed by atoms with van der Waals surface area (Å²) in [5.74, 6) is -0.911. The summed E-state index contributed by atoms with van der Waals surface area (Å²) in [5.41, 5.74) is 0.801. The zero-order chi connectivity index (χ0) is 17.7. The van der Waals surface area contributed by atoms with Gasteiger partial charge in [-0.3, -0.25) is 4.79 Å². The molecule has 0 bridgehead atoms. The number of aliphatic hydroxyl groups is 2. The number of amides is 1. The molecule has 2 N–H and O–H groups in total. The molecule has 0 saturated heterocycles. The fourth-order valence-electron chi connectivity index (χ4n) is 2.53. The number of nitrogens with zero attached hydrogens (tertiary/aromatic N) is 1. The number of hydrogen-bond donors (Lipinski definition) is 2. The first-order valence-corrected chi connectivity index (χ1v) is 7.83. The molecule has 128 valence electrons. The van der Waals surface area contributed by atoms with Gasteiger partial charge >= 0.3 is 0 Å². The highest BCUT2D eigenvalue weighted by molar-refractivity contribution is 5.77. The van der Waals surface area contributed by atoms with E-state index in [0.717, 1.165) is 0 Å². The number of benzene rings is 2. The number of carbonyl (C=O) groups is 1. The van der Waals surface area contributed by atoms with E-state index in [1.165, 1.54) is 23.1 Å². The van der Waals surface area contributed by atoms with Crippen molar-refractivity contribution in [2.75, 3.05) is 7.05 Å². The maximum absolute atomic E-state index is 13.7. The molecule has 0 heterocycles. The Morgan fingerprint density at radius 3 is 2.29 bits per heavy atom. The maximum atomic E-state index is 13.7. The molecule has 2 aromatic carbocycles. The van der Waals surface area contributed by atoms with Crippen molar-refractivity contribution in [3.05, 3.63) is 71.5 Å². The van der Waals surface area contributed by atoms with E-state index in [1.54, 1.807) is 32.2 Å². The van der Waals surface area contributed by atoms with Crippen LogP contribution in [0.2, 0.25) is 0 Å². The quantitative estimate of drug-likeness (QED) is 0.856. The van der Waals surface area contributed by atoms with E-state index < -0.39 is 24.1 Å². The van der Waals surface area contributed by atoms with Crippen molar-refractivity contribution in [1.29, 1.82) is 0 Å². The van der Waals surface area contributed by atoms with Gasteiger partial charge in [-0.15, -0.1) is 0 Å². The summed E-state index contributed by atoms with van der Waals surface area (Å²) in [6, 6.07) is 14.4. The number of carbonyl (C=O) groups excluding carboxylic acids is 1. The van der Waals surface area contributed by atoms with Crippen LogP contribution in [0.1, 0.15) is 36.7 Å². The lowest BCUT2D eigenvalue weighted by Crippen LogP contribution is -2.39. The Labute approximate surface area is 141 Å². The fraction of sp³-hybridized carbons (Fsp3) is 0.316. The molecule has 5 heteroatoms. The molecule has 0 radical (unpaired) electrons. The third kappa shape index (κ3) is 4.19. The van der Waals surface area contributed by atoms with Crippen LogP contribution in [0.3, 0.4) is 0 Å². The van der Waals surface area contributed by atoms with E-state index in [0.29, 0.717) is 5.56 Å². The first-order chi connectivity index (χ1) is 11.4. The zero-order valence-corrected chi connectivity index (χ0v) is 13.8. The molecule has 0 saturated carbocycles. The molecule has 4 nitrogen and oxygen atoms in total. The fourth-order valence-corrected chi connectivity index (χ4v) is 2.53. The summed E-state index contributed by atoms with van der Waals surface area (Å²) in [6.07, 6.45) is -2.31. The van der Waals surface area contributed by atoms with E-state index in [9.17, 15) is 19.4 Å². The van der Waals surface area contributed by atoms with Crippen molar-refractivity contribution >= 4 is 5.91 Å². The molecular formula is C19H22FNO3. The van der Waals surface area contributed by atoms with Gasteiger partial charge in [-0.25, -0.2) is 4.39 Å². The first kappa shape index (κ1) is 18.1. The van der Waals surface area contributed by atoms with Gasteiger partial charge in [0.05, 0.1) is 24.7 Å². The van der Waals surface area contributed by atoms with Crippen molar-refractivity contribution in [2.45, 2.75) is 31.6 Å². The van der Waals surface area contributed by atoms with Gasteiger partial charge in [0, 0.05) is 12.6 Å². The van der Waals surface area contributed by atoms with Gasteiger partial charge in [0.25, 0.3) is 0 Å². The summed E-state index contributed by atoms with van der Waals surface area (Å²) in [6.45, 7) is 1.73. The highest BCUT2D eigenvalue weighted by Crippen LogP contribution is 2.24. The summed E-state index contributed by atoms with van der Waals surface area (Å²) >= 11 is 0. The van der Waals surface area contributed by atoms with Gasteiger partial charge in [0.1, 0.15) is 5.82 Å². The number of aliphatic hydroxyl groups excluding tert-OH is 2. The topological polar surface area (TPSA) is 60.8 Å². The molecule has 0 spiro atoms. The summed E-state index contributed by atoms with van der Waals surface area (Å²) in [4.78, 5) is 13.7. The number of halogens is 1. The zero-order valence-electron chi connectivity index (χ0n) is 13.8. The van der Waals surface area contributed by atoms with E-state index in [4.69, 9.17) is 0 Å². The monoisotopic (exact) mass is 331 g/mol. The highest BCUT2D eigenvalue weighted by Gasteiger charge is 2.26. The third-order valence-electron chi connectivity index (χ3n) is 4.23. The van der Waals surface area contributed by atoms with Crippen LogP contribution in [0.4, 0.5) is 4.39 Å². The molecule has 0 aliphatic carbocycles. The minimum atomic E-state index is -1.22. The Morgan fingerprint density at radius 1 is 1.08 bits per heavy atom. The molecule has 0 unspecified atom stereocenters. The van der Waals surface area contributed by atoms with Gasteiger partial charge in [0.2, 0.25) is 5.91 Å². The normalized spacial score (nSPS) is 14.7. The van der Waals surface area contributed by atoms with E-state index in [2.05, 4.69) is 0 Å². The summed E-state index contributed by atoms with van der Waals surface area (Å²) in [5, 5.41) is 20.5. The second-order valence-corrected chi connectivity index (χ2v) is 5.84.